The van der Waals surface area contributed by atoms with Crippen molar-refractivity contribution in [3.63, 3.8) is 0 Å². The first kappa shape index (κ1) is 13.0. The van der Waals surface area contributed by atoms with Gasteiger partial charge in [0, 0.05) is 0 Å². The molecule has 1 N–H and O–H groups in total. The van der Waals surface area contributed by atoms with Crippen LogP contribution in [0, 0.1) is 5.82 Å². The molecule has 1 rings (SSSR count). The van der Waals surface area contributed by atoms with Gasteiger partial charge in [0.1, 0.15) is 11.6 Å². The largest absolute Gasteiger partial charge is 0.507 e. The highest BCUT2D eigenvalue weighted by Crippen LogP contribution is 2.20. The van der Waals surface area contributed by atoms with Gasteiger partial charge in [0.25, 0.3) is 0 Å². The zero-order valence-electron chi connectivity index (χ0n) is 9.20. The Bertz CT molecular complexity index is 366. The molecule has 0 saturated heterocycles. The highest BCUT2D eigenvalue weighted by Gasteiger charge is 2.11. The van der Waals surface area contributed by atoms with E-state index >= 15 is 0 Å². The van der Waals surface area contributed by atoms with Gasteiger partial charge in [-0.3, -0.25) is 4.79 Å². The number of carbonyl (C=O) groups is 1. The van der Waals surface area contributed by atoms with E-state index in [9.17, 15) is 14.3 Å². The Hall–Kier alpha value is -1.03. The van der Waals surface area contributed by atoms with Gasteiger partial charge < -0.3 is 5.11 Å². The molecule has 0 spiro atoms. The number of phenolic OH excluding ortho intramolecular Hbond substituents is 1. The Morgan fingerprint density at radius 2 is 2.25 bits per heavy atom. The van der Waals surface area contributed by atoms with E-state index in [1.54, 1.807) is 0 Å². The molecule has 1 aromatic carbocycles. The first-order valence-electron chi connectivity index (χ1n) is 5.24. The number of Topliss-reactive ketones (excluding diaryl/α,β-unsaturated/α-hetero) is 1. The molecule has 0 atom stereocenters. The average molecular weight is 242 g/mol. The number of unbranched alkanes of at least 4 members (excludes halogenated alkanes) is 1. The molecule has 0 amide bonds. The van der Waals surface area contributed by atoms with Crippen LogP contribution in [0.5, 0.6) is 5.75 Å². The molecular weight excluding hydrogens is 227 g/mol. The molecule has 16 heavy (non-hydrogen) atoms. The van der Waals surface area contributed by atoms with Gasteiger partial charge in [-0.2, -0.15) is 11.8 Å². The second-order valence-electron chi connectivity index (χ2n) is 3.49. The molecule has 4 heteroatoms. The number of hydrogen-bond donors (Lipinski definition) is 1. The van der Waals surface area contributed by atoms with Crippen molar-refractivity contribution in [1.29, 1.82) is 0 Å². The van der Waals surface area contributed by atoms with Crippen molar-refractivity contribution in [2.45, 2.75) is 19.8 Å². The van der Waals surface area contributed by atoms with Gasteiger partial charge in [-0.05, 0) is 30.4 Å². The molecule has 0 unspecified atom stereocenters. The highest BCUT2D eigenvalue weighted by atomic mass is 32.2. The van der Waals surface area contributed by atoms with Crippen LogP contribution in [0.4, 0.5) is 4.39 Å². The van der Waals surface area contributed by atoms with Crippen LogP contribution in [0.25, 0.3) is 0 Å². The lowest BCUT2D eigenvalue weighted by molar-refractivity contribution is 0.101. The molecule has 0 aliphatic carbocycles. The van der Waals surface area contributed by atoms with Crippen LogP contribution in [0.3, 0.4) is 0 Å². The van der Waals surface area contributed by atoms with Crippen molar-refractivity contribution >= 4 is 17.5 Å². The summed E-state index contributed by atoms with van der Waals surface area (Å²) < 4.78 is 12.9. The lowest BCUT2D eigenvalue weighted by Crippen LogP contribution is -2.04. The molecule has 0 aliphatic rings. The van der Waals surface area contributed by atoms with E-state index in [4.69, 9.17) is 0 Å². The number of aromatic hydroxyl groups is 1. The van der Waals surface area contributed by atoms with Gasteiger partial charge in [-0.1, -0.05) is 13.3 Å². The number of halogens is 1. The SMILES string of the molecule is CCCCSCC(=O)c1cc(F)ccc1O. The Balaban J connectivity index is 2.55. The van der Waals surface area contributed by atoms with Crippen molar-refractivity contribution in [1.82, 2.24) is 0 Å². The summed E-state index contributed by atoms with van der Waals surface area (Å²) >= 11 is 1.51. The second kappa shape index (κ2) is 6.53. The minimum atomic E-state index is -0.500. The van der Waals surface area contributed by atoms with E-state index < -0.39 is 5.82 Å². The third-order valence-electron chi connectivity index (χ3n) is 2.13. The van der Waals surface area contributed by atoms with Gasteiger partial charge in [-0.25, -0.2) is 4.39 Å². The fourth-order valence-electron chi connectivity index (χ4n) is 1.22. The molecule has 0 aromatic heterocycles. The van der Waals surface area contributed by atoms with Crippen molar-refractivity contribution < 1.29 is 14.3 Å². The topological polar surface area (TPSA) is 37.3 Å². The van der Waals surface area contributed by atoms with Crippen molar-refractivity contribution in [3.05, 3.63) is 29.6 Å². The minimum absolute atomic E-state index is 0.0731. The molecule has 0 aliphatic heterocycles. The molecule has 1 aromatic rings. The average Bonchev–Trinajstić information content (AvgIpc) is 2.27. The third kappa shape index (κ3) is 3.85. The van der Waals surface area contributed by atoms with Crippen LogP contribution >= 0.6 is 11.8 Å². The summed E-state index contributed by atoms with van der Waals surface area (Å²) in [6.45, 7) is 2.08. The van der Waals surface area contributed by atoms with Crippen molar-refractivity contribution in [2.24, 2.45) is 0 Å². The number of carbonyl (C=O) groups excluding carboxylic acids is 1. The first-order chi connectivity index (χ1) is 7.65. The summed E-state index contributed by atoms with van der Waals surface area (Å²) in [5.74, 6) is 0.329. The van der Waals surface area contributed by atoms with E-state index in [0.29, 0.717) is 0 Å². The fourth-order valence-corrected chi connectivity index (χ4v) is 2.20. The van der Waals surface area contributed by atoms with Gasteiger partial charge in [0.05, 0.1) is 11.3 Å². The predicted molar refractivity (Wildman–Crippen MR) is 64.6 cm³/mol. The maximum atomic E-state index is 12.9. The molecule has 0 radical (unpaired) electrons. The number of rotatable bonds is 6. The zero-order chi connectivity index (χ0) is 12.0. The number of benzene rings is 1. The Labute approximate surface area is 98.9 Å². The lowest BCUT2D eigenvalue weighted by atomic mass is 10.1. The predicted octanol–water partition coefficient (Wildman–Crippen LogP) is 3.25. The van der Waals surface area contributed by atoms with Crippen LogP contribution in [-0.4, -0.2) is 22.4 Å². The number of thioether (sulfide) groups is 1. The Morgan fingerprint density at radius 3 is 2.94 bits per heavy atom. The maximum Gasteiger partial charge on any atom is 0.176 e. The highest BCUT2D eigenvalue weighted by molar-refractivity contribution is 7.99. The number of hydrogen-bond acceptors (Lipinski definition) is 3. The van der Waals surface area contributed by atoms with Crippen LogP contribution < -0.4 is 0 Å². The van der Waals surface area contributed by atoms with E-state index in [1.807, 2.05) is 0 Å². The number of ketones is 1. The monoisotopic (exact) mass is 242 g/mol. The lowest BCUT2D eigenvalue weighted by Gasteiger charge is -2.03. The molecule has 88 valence electrons. The summed E-state index contributed by atoms with van der Waals surface area (Å²) in [5, 5.41) is 9.41. The van der Waals surface area contributed by atoms with Crippen LogP contribution in [0.15, 0.2) is 18.2 Å². The van der Waals surface area contributed by atoms with E-state index in [0.717, 1.165) is 30.7 Å². The molecule has 0 bridgehead atoms. The minimum Gasteiger partial charge on any atom is -0.507 e. The molecular formula is C12H15FO2S. The maximum absolute atomic E-state index is 12.9. The van der Waals surface area contributed by atoms with E-state index in [-0.39, 0.29) is 22.8 Å². The fraction of sp³-hybridized carbons (Fsp3) is 0.417. The summed E-state index contributed by atoms with van der Waals surface area (Å²) in [7, 11) is 0. The third-order valence-corrected chi connectivity index (χ3v) is 3.18. The molecule has 0 fully saturated rings. The van der Waals surface area contributed by atoms with Gasteiger partial charge in [0.2, 0.25) is 0 Å². The normalized spacial score (nSPS) is 10.4. The zero-order valence-corrected chi connectivity index (χ0v) is 10.0. The van der Waals surface area contributed by atoms with Gasteiger partial charge >= 0.3 is 0 Å². The molecule has 2 nitrogen and oxygen atoms in total. The van der Waals surface area contributed by atoms with E-state index in [1.165, 1.54) is 17.8 Å². The van der Waals surface area contributed by atoms with Crippen molar-refractivity contribution in [2.75, 3.05) is 11.5 Å². The summed E-state index contributed by atoms with van der Waals surface area (Å²) in [6, 6.07) is 3.42. The number of phenols is 1. The van der Waals surface area contributed by atoms with Crippen LogP contribution in [-0.2, 0) is 0 Å². The molecule has 0 heterocycles. The second-order valence-corrected chi connectivity index (χ2v) is 4.60. The van der Waals surface area contributed by atoms with Crippen molar-refractivity contribution in [3.8, 4) is 5.75 Å². The van der Waals surface area contributed by atoms with Gasteiger partial charge in [-0.15, -0.1) is 0 Å². The Kier molecular flexibility index (Phi) is 5.32. The quantitative estimate of drug-likeness (QED) is 0.614. The Morgan fingerprint density at radius 1 is 1.50 bits per heavy atom. The summed E-state index contributed by atoms with van der Waals surface area (Å²) in [4.78, 5) is 11.6. The first-order valence-corrected chi connectivity index (χ1v) is 6.40. The molecule has 0 saturated carbocycles. The smallest absolute Gasteiger partial charge is 0.176 e. The summed E-state index contributed by atoms with van der Waals surface area (Å²) in [6.07, 6.45) is 2.15. The van der Waals surface area contributed by atoms with Gasteiger partial charge in [0.15, 0.2) is 5.78 Å². The van der Waals surface area contributed by atoms with E-state index in [2.05, 4.69) is 6.92 Å². The van der Waals surface area contributed by atoms with Crippen LogP contribution in [0.1, 0.15) is 30.1 Å². The standard InChI is InChI=1S/C12H15FO2S/c1-2-3-6-16-8-12(15)10-7-9(13)4-5-11(10)14/h4-5,7,14H,2-3,6,8H2,1H3. The van der Waals surface area contributed by atoms with Crippen LogP contribution in [0.2, 0.25) is 0 Å². The summed E-state index contributed by atoms with van der Waals surface area (Å²) in [5.41, 5.74) is 0.0731.